The SMILES string of the molecule is CCCc1nc(Cc2ccccc2)[nH]c(=O)c1Br. The van der Waals surface area contributed by atoms with Crippen molar-refractivity contribution in [2.24, 2.45) is 0 Å². The maximum absolute atomic E-state index is 11.8. The molecule has 0 aliphatic rings. The Labute approximate surface area is 114 Å². The van der Waals surface area contributed by atoms with Gasteiger partial charge in [-0.1, -0.05) is 43.7 Å². The Morgan fingerprint density at radius 3 is 2.67 bits per heavy atom. The first-order valence-corrected chi connectivity index (χ1v) is 6.81. The van der Waals surface area contributed by atoms with E-state index in [4.69, 9.17) is 0 Å². The molecule has 0 fully saturated rings. The summed E-state index contributed by atoms with van der Waals surface area (Å²) in [6, 6.07) is 10.0. The number of halogens is 1. The zero-order valence-corrected chi connectivity index (χ0v) is 11.8. The van der Waals surface area contributed by atoms with Crippen LogP contribution in [-0.4, -0.2) is 9.97 Å². The average molecular weight is 307 g/mol. The van der Waals surface area contributed by atoms with Gasteiger partial charge in [-0.2, -0.15) is 0 Å². The van der Waals surface area contributed by atoms with Gasteiger partial charge in [-0.3, -0.25) is 4.79 Å². The van der Waals surface area contributed by atoms with Crippen LogP contribution in [-0.2, 0) is 12.8 Å². The lowest BCUT2D eigenvalue weighted by Crippen LogP contribution is -2.16. The molecule has 0 atom stereocenters. The number of aromatic nitrogens is 2. The van der Waals surface area contributed by atoms with Crippen LogP contribution < -0.4 is 5.56 Å². The molecule has 0 bridgehead atoms. The minimum absolute atomic E-state index is 0.0978. The van der Waals surface area contributed by atoms with Crippen molar-refractivity contribution in [1.82, 2.24) is 9.97 Å². The van der Waals surface area contributed by atoms with Crippen LogP contribution in [0.15, 0.2) is 39.6 Å². The number of H-pyrrole nitrogens is 1. The lowest BCUT2D eigenvalue weighted by atomic mass is 10.1. The standard InChI is InChI=1S/C14H15BrN2O/c1-2-6-11-13(15)14(18)17-12(16-11)9-10-7-4-3-5-8-10/h3-5,7-8H,2,6,9H2,1H3,(H,16,17,18). The van der Waals surface area contributed by atoms with Crippen molar-refractivity contribution in [2.45, 2.75) is 26.2 Å². The highest BCUT2D eigenvalue weighted by Gasteiger charge is 2.08. The van der Waals surface area contributed by atoms with Gasteiger partial charge in [0.25, 0.3) is 5.56 Å². The number of aryl methyl sites for hydroxylation is 1. The van der Waals surface area contributed by atoms with Crippen LogP contribution in [0.3, 0.4) is 0 Å². The van der Waals surface area contributed by atoms with Gasteiger partial charge in [-0.25, -0.2) is 4.98 Å². The second-order valence-electron chi connectivity index (χ2n) is 4.19. The molecule has 0 amide bonds. The third-order valence-corrected chi connectivity index (χ3v) is 3.50. The van der Waals surface area contributed by atoms with Gasteiger partial charge in [0, 0.05) is 6.42 Å². The Balaban J connectivity index is 2.32. The number of hydrogen-bond donors (Lipinski definition) is 1. The fourth-order valence-electron chi connectivity index (χ4n) is 1.83. The number of nitrogens with zero attached hydrogens (tertiary/aromatic N) is 1. The Bertz CT molecular complexity index is 578. The largest absolute Gasteiger partial charge is 0.309 e. The van der Waals surface area contributed by atoms with E-state index in [0.717, 1.165) is 29.9 Å². The second-order valence-corrected chi connectivity index (χ2v) is 4.98. The van der Waals surface area contributed by atoms with Gasteiger partial charge in [-0.05, 0) is 27.9 Å². The first kappa shape index (κ1) is 13.0. The van der Waals surface area contributed by atoms with E-state index < -0.39 is 0 Å². The second kappa shape index (κ2) is 5.96. The normalized spacial score (nSPS) is 10.6. The quantitative estimate of drug-likeness (QED) is 0.943. The van der Waals surface area contributed by atoms with E-state index in [1.165, 1.54) is 0 Å². The van der Waals surface area contributed by atoms with Crippen LogP contribution in [0.2, 0.25) is 0 Å². The molecule has 0 saturated heterocycles. The Morgan fingerprint density at radius 2 is 2.00 bits per heavy atom. The average Bonchev–Trinajstić information content (AvgIpc) is 2.37. The van der Waals surface area contributed by atoms with Gasteiger partial charge >= 0.3 is 0 Å². The van der Waals surface area contributed by atoms with Crippen LogP contribution >= 0.6 is 15.9 Å². The molecular formula is C14H15BrN2O. The predicted octanol–water partition coefficient (Wildman–Crippen LogP) is 3.08. The van der Waals surface area contributed by atoms with Gasteiger partial charge in [-0.15, -0.1) is 0 Å². The molecule has 0 unspecified atom stereocenters. The van der Waals surface area contributed by atoms with E-state index in [0.29, 0.717) is 10.9 Å². The van der Waals surface area contributed by atoms with Gasteiger partial charge in [0.05, 0.1) is 5.69 Å². The summed E-state index contributed by atoms with van der Waals surface area (Å²) in [5.74, 6) is 0.720. The number of aromatic amines is 1. The molecule has 3 nitrogen and oxygen atoms in total. The van der Waals surface area contributed by atoms with Crippen molar-refractivity contribution >= 4 is 15.9 Å². The number of nitrogens with one attached hydrogen (secondary N) is 1. The van der Waals surface area contributed by atoms with Crippen LogP contribution in [0, 0.1) is 0 Å². The molecular weight excluding hydrogens is 292 g/mol. The zero-order valence-electron chi connectivity index (χ0n) is 10.2. The van der Waals surface area contributed by atoms with E-state index in [1.807, 2.05) is 30.3 Å². The molecule has 94 valence electrons. The Morgan fingerprint density at radius 1 is 1.28 bits per heavy atom. The number of hydrogen-bond acceptors (Lipinski definition) is 2. The predicted molar refractivity (Wildman–Crippen MR) is 75.8 cm³/mol. The molecule has 1 N–H and O–H groups in total. The van der Waals surface area contributed by atoms with E-state index in [-0.39, 0.29) is 5.56 Å². The van der Waals surface area contributed by atoms with Crippen molar-refractivity contribution in [2.75, 3.05) is 0 Å². The maximum atomic E-state index is 11.8. The van der Waals surface area contributed by atoms with Crippen LogP contribution in [0.5, 0.6) is 0 Å². The Kier molecular flexibility index (Phi) is 4.31. The highest BCUT2D eigenvalue weighted by molar-refractivity contribution is 9.10. The van der Waals surface area contributed by atoms with Crippen molar-refractivity contribution < 1.29 is 0 Å². The molecule has 2 aromatic rings. The smallest absolute Gasteiger partial charge is 0.265 e. The van der Waals surface area contributed by atoms with Crippen molar-refractivity contribution in [3.63, 3.8) is 0 Å². The maximum Gasteiger partial charge on any atom is 0.265 e. The molecule has 0 aliphatic carbocycles. The summed E-state index contributed by atoms with van der Waals surface area (Å²) in [7, 11) is 0. The fourth-order valence-corrected chi connectivity index (χ4v) is 2.22. The molecule has 0 aliphatic heterocycles. The van der Waals surface area contributed by atoms with E-state index >= 15 is 0 Å². The van der Waals surface area contributed by atoms with Crippen LogP contribution in [0.25, 0.3) is 0 Å². The summed E-state index contributed by atoms with van der Waals surface area (Å²) >= 11 is 3.29. The first-order chi connectivity index (χ1) is 8.70. The van der Waals surface area contributed by atoms with E-state index in [1.54, 1.807) is 0 Å². The van der Waals surface area contributed by atoms with Crippen LogP contribution in [0.1, 0.15) is 30.4 Å². The Hall–Kier alpha value is -1.42. The fraction of sp³-hybridized carbons (Fsp3) is 0.286. The molecule has 2 rings (SSSR count). The van der Waals surface area contributed by atoms with Gasteiger partial charge < -0.3 is 4.98 Å². The summed E-state index contributed by atoms with van der Waals surface area (Å²) in [6.45, 7) is 2.08. The summed E-state index contributed by atoms with van der Waals surface area (Å²) in [6.07, 6.45) is 2.44. The van der Waals surface area contributed by atoms with Gasteiger partial charge in [0.15, 0.2) is 0 Å². The summed E-state index contributed by atoms with van der Waals surface area (Å²) in [5, 5.41) is 0. The highest BCUT2D eigenvalue weighted by atomic mass is 79.9. The lowest BCUT2D eigenvalue weighted by molar-refractivity contribution is 0.823. The van der Waals surface area contributed by atoms with Gasteiger partial charge in [0.2, 0.25) is 0 Å². The van der Waals surface area contributed by atoms with E-state index in [9.17, 15) is 4.79 Å². The molecule has 0 saturated carbocycles. The topological polar surface area (TPSA) is 45.8 Å². The van der Waals surface area contributed by atoms with Crippen molar-refractivity contribution in [3.8, 4) is 0 Å². The zero-order chi connectivity index (χ0) is 13.0. The van der Waals surface area contributed by atoms with Crippen LogP contribution in [0.4, 0.5) is 0 Å². The minimum Gasteiger partial charge on any atom is -0.309 e. The van der Waals surface area contributed by atoms with E-state index in [2.05, 4.69) is 32.8 Å². The third-order valence-electron chi connectivity index (χ3n) is 2.68. The summed E-state index contributed by atoms with van der Waals surface area (Å²) in [5.41, 5.74) is 1.89. The van der Waals surface area contributed by atoms with Gasteiger partial charge in [0.1, 0.15) is 10.3 Å². The summed E-state index contributed by atoms with van der Waals surface area (Å²) in [4.78, 5) is 19.1. The van der Waals surface area contributed by atoms with Crippen molar-refractivity contribution in [3.05, 3.63) is 62.2 Å². The molecule has 4 heteroatoms. The number of rotatable bonds is 4. The lowest BCUT2D eigenvalue weighted by Gasteiger charge is -2.06. The minimum atomic E-state index is -0.0978. The molecule has 1 aromatic heterocycles. The highest BCUT2D eigenvalue weighted by Crippen LogP contribution is 2.12. The number of benzene rings is 1. The monoisotopic (exact) mass is 306 g/mol. The molecule has 1 heterocycles. The molecule has 0 radical (unpaired) electrons. The summed E-state index contributed by atoms with van der Waals surface area (Å²) < 4.78 is 0.557. The first-order valence-electron chi connectivity index (χ1n) is 6.02. The molecule has 0 spiro atoms. The molecule has 18 heavy (non-hydrogen) atoms. The molecule has 1 aromatic carbocycles. The third kappa shape index (κ3) is 3.07. The van der Waals surface area contributed by atoms with Crippen molar-refractivity contribution in [1.29, 1.82) is 0 Å².